The molecule has 1 aliphatic heterocycles. The minimum absolute atomic E-state index is 0.316. The average molecular weight is 347 g/mol. The molecule has 0 saturated carbocycles. The van der Waals surface area contributed by atoms with Gasteiger partial charge in [-0.25, -0.2) is 8.78 Å². The van der Waals surface area contributed by atoms with Crippen molar-refractivity contribution in [2.24, 2.45) is 0 Å². The number of carbonyl (C=O) groups excluding carboxylic acids is 1. The number of hydrogen-bond donors (Lipinski definition) is 2. The van der Waals surface area contributed by atoms with E-state index in [1.807, 2.05) is 0 Å². The predicted molar refractivity (Wildman–Crippen MR) is 89.1 cm³/mol. The van der Waals surface area contributed by atoms with Crippen LogP contribution in [0.2, 0.25) is 0 Å². The smallest absolute Gasteiger partial charge is 0.237 e. The number of anilines is 1. The summed E-state index contributed by atoms with van der Waals surface area (Å²) in [6, 6.07) is 8.46. The number of benzene rings is 2. The van der Waals surface area contributed by atoms with E-state index in [4.69, 9.17) is 0 Å². The van der Waals surface area contributed by atoms with Gasteiger partial charge >= 0.3 is 0 Å². The Morgan fingerprint density at radius 3 is 2.44 bits per heavy atom. The third kappa shape index (κ3) is 2.81. The summed E-state index contributed by atoms with van der Waals surface area (Å²) >= 11 is 0. The molecule has 2 unspecified atom stereocenters. The largest absolute Gasteiger partial charge is 0.394 e. The minimum Gasteiger partial charge on any atom is -0.394 e. The van der Waals surface area contributed by atoms with Crippen LogP contribution in [0.3, 0.4) is 0 Å². The number of carbonyl (C=O) groups is 1. The van der Waals surface area contributed by atoms with Gasteiger partial charge in [-0.1, -0.05) is 18.2 Å². The van der Waals surface area contributed by atoms with E-state index in [2.05, 4.69) is 0 Å². The standard InChI is InChI=1S/C19H19F2NO3/c1-19(2)14-7-6-13(21)9-15(14)22(18(19)25)17(16(24)10-23)11-4-3-5-12(20)8-11/h3-9,16-17,23-24H,10H2,1-2H3. The molecule has 2 aromatic rings. The van der Waals surface area contributed by atoms with Crippen molar-refractivity contribution in [2.45, 2.75) is 31.4 Å². The van der Waals surface area contributed by atoms with Gasteiger partial charge in [0.15, 0.2) is 0 Å². The fourth-order valence-electron chi connectivity index (χ4n) is 3.37. The fraction of sp³-hybridized carbons (Fsp3) is 0.316. The molecule has 6 heteroatoms. The molecule has 1 amide bonds. The van der Waals surface area contributed by atoms with Crippen molar-refractivity contribution in [1.82, 2.24) is 0 Å². The first kappa shape index (κ1) is 17.5. The third-order valence-electron chi connectivity index (χ3n) is 4.67. The molecule has 0 spiro atoms. The maximum Gasteiger partial charge on any atom is 0.237 e. The van der Waals surface area contributed by atoms with E-state index in [0.717, 1.165) is 0 Å². The van der Waals surface area contributed by atoms with Crippen molar-refractivity contribution in [3.8, 4) is 0 Å². The lowest BCUT2D eigenvalue weighted by molar-refractivity contribution is -0.123. The maximum absolute atomic E-state index is 13.8. The first-order chi connectivity index (χ1) is 11.8. The summed E-state index contributed by atoms with van der Waals surface area (Å²) in [6.07, 6.45) is -1.35. The lowest BCUT2D eigenvalue weighted by atomic mass is 9.86. The highest BCUT2D eigenvalue weighted by Gasteiger charge is 2.48. The Morgan fingerprint density at radius 1 is 1.12 bits per heavy atom. The monoisotopic (exact) mass is 347 g/mol. The number of fused-ring (bicyclic) bond motifs is 1. The van der Waals surface area contributed by atoms with Crippen LogP contribution in [0.5, 0.6) is 0 Å². The van der Waals surface area contributed by atoms with E-state index in [9.17, 15) is 23.8 Å². The molecule has 0 saturated heterocycles. The topological polar surface area (TPSA) is 60.8 Å². The number of aliphatic hydroxyl groups is 2. The predicted octanol–water partition coefficient (Wildman–Crippen LogP) is 2.68. The fourth-order valence-corrected chi connectivity index (χ4v) is 3.37. The van der Waals surface area contributed by atoms with Gasteiger partial charge in [0.05, 0.1) is 23.8 Å². The molecule has 0 bridgehead atoms. The Morgan fingerprint density at radius 2 is 1.80 bits per heavy atom. The number of nitrogens with zero attached hydrogens (tertiary/aromatic N) is 1. The Labute approximate surface area is 144 Å². The van der Waals surface area contributed by atoms with Gasteiger partial charge in [-0.2, -0.15) is 0 Å². The van der Waals surface area contributed by atoms with Crippen LogP contribution in [-0.4, -0.2) is 28.8 Å². The second kappa shape index (κ2) is 6.20. The average Bonchev–Trinajstić information content (AvgIpc) is 2.75. The van der Waals surface area contributed by atoms with Gasteiger partial charge < -0.3 is 15.1 Å². The first-order valence-electron chi connectivity index (χ1n) is 7.95. The molecule has 132 valence electrons. The number of halogens is 2. The molecule has 0 radical (unpaired) electrons. The second-order valence-electron chi connectivity index (χ2n) is 6.71. The van der Waals surface area contributed by atoms with Gasteiger partial charge in [-0.05, 0) is 49.2 Å². The zero-order valence-electron chi connectivity index (χ0n) is 13.9. The maximum atomic E-state index is 13.8. The van der Waals surface area contributed by atoms with Gasteiger partial charge in [0, 0.05) is 0 Å². The molecule has 0 fully saturated rings. The summed E-state index contributed by atoms with van der Waals surface area (Å²) < 4.78 is 27.5. The van der Waals surface area contributed by atoms with E-state index in [0.29, 0.717) is 16.8 Å². The molecule has 1 aliphatic rings. The minimum atomic E-state index is -1.35. The summed E-state index contributed by atoms with van der Waals surface area (Å²) in [5.41, 5.74) is 0.328. The second-order valence-corrected chi connectivity index (χ2v) is 6.71. The lowest BCUT2D eigenvalue weighted by Gasteiger charge is -2.33. The molecule has 1 heterocycles. The Balaban J connectivity index is 2.20. The van der Waals surface area contributed by atoms with Crippen molar-refractivity contribution >= 4 is 11.6 Å². The van der Waals surface area contributed by atoms with Gasteiger partial charge in [0.2, 0.25) is 5.91 Å². The van der Waals surface area contributed by atoms with Crippen LogP contribution < -0.4 is 4.90 Å². The van der Waals surface area contributed by atoms with Gasteiger partial charge in [0.25, 0.3) is 0 Å². The zero-order valence-corrected chi connectivity index (χ0v) is 13.9. The van der Waals surface area contributed by atoms with E-state index in [1.165, 1.54) is 41.3 Å². The number of rotatable bonds is 4. The van der Waals surface area contributed by atoms with E-state index >= 15 is 0 Å². The Hall–Kier alpha value is -2.31. The van der Waals surface area contributed by atoms with Gasteiger partial charge in [-0.15, -0.1) is 0 Å². The van der Waals surface area contributed by atoms with E-state index in [-0.39, 0.29) is 5.91 Å². The van der Waals surface area contributed by atoms with Crippen molar-refractivity contribution in [1.29, 1.82) is 0 Å². The summed E-state index contributed by atoms with van der Waals surface area (Å²) in [6.45, 7) is 2.79. The molecular weight excluding hydrogens is 328 g/mol. The molecule has 0 aliphatic carbocycles. The van der Waals surface area contributed by atoms with Crippen LogP contribution in [-0.2, 0) is 10.2 Å². The summed E-state index contributed by atoms with van der Waals surface area (Å²) in [5.74, 6) is -1.40. The zero-order chi connectivity index (χ0) is 18.4. The normalized spacial score (nSPS) is 18.2. The molecule has 0 aromatic heterocycles. The molecule has 25 heavy (non-hydrogen) atoms. The number of hydrogen-bond acceptors (Lipinski definition) is 3. The highest BCUT2D eigenvalue weighted by Crippen LogP contribution is 2.46. The first-order valence-corrected chi connectivity index (χ1v) is 7.95. The van der Waals surface area contributed by atoms with Crippen molar-refractivity contribution in [3.63, 3.8) is 0 Å². The molecular formula is C19H19F2NO3. The third-order valence-corrected chi connectivity index (χ3v) is 4.67. The molecule has 2 aromatic carbocycles. The molecule has 2 atom stereocenters. The van der Waals surface area contributed by atoms with Crippen LogP contribution in [0, 0.1) is 11.6 Å². The van der Waals surface area contributed by atoms with Crippen LogP contribution in [0.4, 0.5) is 14.5 Å². The van der Waals surface area contributed by atoms with Crippen LogP contribution in [0.15, 0.2) is 42.5 Å². The molecule has 3 rings (SSSR count). The molecule has 4 nitrogen and oxygen atoms in total. The SMILES string of the molecule is CC1(C)C(=O)N(C(c2cccc(F)c2)C(O)CO)c2cc(F)ccc21. The van der Waals surface area contributed by atoms with Crippen LogP contribution in [0.25, 0.3) is 0 Å². The van der Waals surface area contributed by atoms with Crippen molar-refractivity contribution in [2.75, 3.05) is 11.5 Å². The van der Waals surface area contributed by atoms with E-state index < -0.39 is 35.8 Å². The highest BCUT2D eigenvalue weighted by atomic mass is 19.1. The number of aliphatic hydroxyl groups excluding tert-OH is 2. The lowest BCUT2D eigenvalue weighted by Crippen LogP contribution is -2.44. The Kier molecular flexibility index (Phi) is 4.34. The van der Waals surface area contributed by atoms with Crippen molar-refractivity contribution in [3.05, 3.63) is 65.2 Å². The van der Waals surface area contributed by atoms with Crippen molar-refractivity contribution < 1.29 is 23.8 Å². The van der Waals surface area contributed by atoms with Crippen LogP contribution in [0.1, 0.15) is 31.0 Å². The van der Waals surface area contributed by atoms with Gasteiger partial charge in [0.1, 0.15) is 17.7 Å². The van der Waals surface area contributed by atoms with E-state index in [1.54, 1.807) is 19.9 Å². The number of amides is 1. The quantitative estimate of drug-likeness (QED) is 0.894. The Bertz CT molecular complexity index is 822. The summed E-state index contributed by atoms with van der Waals surface area (Å²) in [7, 11) is 0. The van der Waals surface area contributed by atoms with Crippen LogP contribution >= 0.6 is 0 Å². The van der Waals surface area contributed by atoms with Gasteiger partial charge in [-0.3, -0.25) is 4.79 Å². The summed E-state index contributed by atoms with van der Waals surface area (Å²) in [4.78, 5) is 14.3. The highest BCUT2D eigenvalue weighted by molar-refractivity contribution is 6.08. The summed E-state index contributed by atoms with van der Waals surface area (Å²) in [5, 5.41) is 19.8. The molecule has 2 N–H and O–H groups in total.